The van der Waals surface area contributed by atoms with E-state index in [1.54, 1.807) is 10.4 Å². The number of carbonyl (C=O) groups is 1. The first-order valence-electron chi connectivity index (χ1n) is 9.84. The van der Waals surface area contributed by atoms with Crippen molar-refractivity contribution >= 4 is 15.9 Å². The Morgan fingerprint density at radius 1 is 1.23 bits per heavy atom. The zero-order valence-electron chi connectivity index (χ0n) is 15.8. The number of amides is 1. The van der Waals surface area contributed by atoms with Gasteiger partial charge in [0.1, 0.15) is 0 Å². The molecule has 1 fully saturated rings. The number of nitrogens with zero attached hydrogens (tertiary/aromatic N) is 1. The highest BCUT2D eigenvalue weighted by Crippen LogP contribution is 2.28. The third-order valence-corrected chi connectivity index (χ3v) is 7.54. The minimum Gasteiger partial charge on any atom is -0.353 e. The van der Waals surface area contributed by atoms with Crippen molar-refractivity contribution in [1.29, 1.82) is 0 Å². The molecule has 1 aliphatic carbocycles. The summed E-state index contributed by atoms with van der Waals surface area (Å²) in [5.41, 5.74) is 2.45. The number of piperidine rings is 1. The van der Waals surface area contributed by atoms with Crippen LogP contribution in [0.25, 0.3) is 0 Å². The zero-order chi connectivity index (χ0) is 18.7. The molecule has 1 heterocycles. The first kappa shape index (κ1) is 19.4. The van der Waals surface area contributed by atoms with Crippen molar-refractivity contribution in [3.05, 3.63) is 29.3 Å². The lowest BCUT2D eigenvalue weighted by molar-refractivity contribution is -0.126. The number of carbonyl (C=O) groups excluding carboxylic acids is 1. The Hall–Kier alpha value is -1.40. The fourth-order valence-corrected chi connectivity index (χ4v) is 5.60. The molecule has 1 aromatic rings. The predicted molar refractivity (Wildman–Crippen MR) is 102 cm³/mol. The Labute approximate surface area is 157 Å². The summed E-state index contributed by atoms with van der Waals surface area (Å²) in [7, 11) is -3.46. The van der Waals surface area contributed by atoms with Gasteiger partial charge < -0.3 is 5.32 Å². The van der Waals surface area contributed by atoms with Crippen molar-refractivity contribution in [1.82, 2.24) is 9.62 Å². The van der Waals surface area contributed by atoms with Crippen LogP contribution in [0.15, 0.2) is 23.1 Å². The molecule has 5 nitrogen and oxygen atoms in total. The van der Waals surface area contributed by atoms with Gasteiger partial charge in [-0.1, -0.05) is 19.4 Å². The molecular weight excluding hydrogens is 348 g/mol. The van der Waals surface area contributed by atoms with Gasteiger partial charge in [0.05, 0.1) is 4.90 Å². The maximum atomic E-state index is 13.0. The van der Waals surface area contributed by atoms with Crippen LogP contribution in [0.2, 0.25) is 0 Å². The molecule has 0 radical (unpaired) electrons. The Morgan fingerprint density at radius 2 is 1.92 bits per heavy atom. The fraction of sp³-hybridized carbons (Fsp3) is 0.650. The van der Waals surface area contributed by atoms with E-state index in [1.807, 2.05) is 19.1 Å². The van der Waals surface area contributed by atoms with Crippen molar-refractivity contribution < 1.29 is 13.2 Å². The molecule has 1 amide bonds. The van der Waals surface area contributed by atoms with Crippen LogP contribution >= 0.6 is 0 Å². The third kappa shape index (κ3) is 4.12. The molecule has 0 aromatic heterocycles. The molecule has 1 aliphatic heterocycles. The summed E-state index contributed by atoms with van der Waals surface area (Å²) in [6, 6.07) is 5.73. The van der Waals surface area contributed by atoms with Crippen LogP contribution in [0.1, 0.15) is 57.1 Å². The number of hydrogen-bond donors (Lipinski definition) is 1. The van der Waals surface area contributed by atoms with Crippen LogP contribution in [-0.4, -0.2) is 37.8 Å². The summed E-state index contributed by atoms with van der Waals surface area (Å²) in [5.74, 6) is -0.0127. The van der Waals surface area contributed by atoms with Crippen LogP contribution < -0.4 is 5.32 Å². The average molecular weight is 379 g/mol. The highest BCUT2D eigenvalue weighted by Gasteiger charge is 2.32. The summed E-state index contributed by atoms with van der Waals surface area (Å²) >= 11 is 0. The van der Waals surface area contributed by atoms with Crippen molar-refractivity contribution in [3.63, 3.8) is 0 Å². The standard InChI is InChI=1S/C20H30N2O3S/c1-3-5-15(2)21-20(23)17-10-12-22(13-11-17)26(24,25)19-9-8-16-6-4-7-18(16)14-19/h8-9,14-15,17H,3-7,10-13H2,1-2H3,(H,21,23)/t15-/m0/s1. The molecule has 26 heavy (non-hydrogen) atoms. The summed E-state index contributed by atoms with van der Waals surface area (Å²) < 4.78 is 27.4. The lowest BCUT2D eigenvalue weighted by Gasteiger charge is -2.31. The minimum absolute atomic E-state index is 0.0699. The highest BCUT2D eigenvalue weighted by molar-refractivity contribution is 7.89. The molecule has 0 bridgehead atoms. The van der Waals surface area contributed by atoms with Gasteiger partial charge in [-0.3, -0.25) is 4.79 Å². The molecule has 1 saturated heterocycles. The number of benzene rings is 1. The molecule has 3 rings (SSSR count). The van der Waals surface area contributed by atoms with E-state index in [4.69, 9.17) is 0 Å². The molecule has 6 heteroatoms. The highest BCUT2D eigenvalue weighted by atomic mass is 32.2. The van der Waals surface area contributed by atoms with Crippen LogP contribution in [0.4, 0.5) is 0 Å². The molecule has 2 aliphatic rings. The Kier molecular flexibility index (Phi) is 6.03. The molecule has 1 aromatic carbocycles. The third-order valence-electron chi connectivity index (χ3n) is 5.64. The first-order chi connectivity index (χ1) is 12.4. The fourth-order valence-electron chi connectivity index (χ4n) is 4.08. The molecule has 144 valence electrons. The molecular formula is C20H30N2O3S. The van der Waals surface area contributed by atoms with Gasteiger partial charge in [0.2, 0.25) is 15.9 Å². The smallest absolute Gasteiger partial charge is 0.243 e. The van der Waals surface area contributed by atoms with E-state index < -0.39 is 10.0 Å². The van der Waals surface area contributed by atoms with E-state index in [0.29, 0.717) is 30.8 Å². The van der Waals surface area contributed by atoms with Gasteiger partial charge in [-0.25, -0.2) is 8.42 Å². The lowest BCUT2D eigenvalue weighted by Crippen LogP contribution is -2.44. The molecule has 1 atom stereocenters. The normalized spacial score (nSPS) is 19.9. The van der Waals surface area contributed by atoms with Crippen LogP contribution in [0.5, 0.6) is 0 Å². The quantitative estimate of drug-likeness (QED) is 0.828. The summed E-state index contributed by atoms with van der Waals surface area (Å²) in [6.07, 6.45) is 6.32. The van der Waals surface area contributed by atoms with Gasteiger partial charge in [0.25, 0.3) is 0 Å². The second-order valence-corrected chi connectivity index (χ2v) is 9.60. The SMILES string of the molecule is CCC[C@H](C)NC(=O)C1CCN(S(=O)(=O)c2ccc3c(c2)CCC3)CC1. The summed E-state index contributed by atoms with van der Waals surface area (Å²) in [4.78, 5) is 12.8. The number of hydrogen-bond acceptors (Lipinski definition) is 3. The number of rotatable bonds is 6. The molecule has 1 N–H and O–H groups in total. The van der Waals surface area contributed by atoms with Crippen LogP contribution in [0.3, 0.4) is 0 Å². The number of sulfonamides is 1. The Bertz CT molecular complexity index is 752. The monoisotopic (exact) mass is 378 g/mol. The van der Waals surface area contributed by atoms with Gasteiger partial charge in [0.15, 0.2) is 0 Å². The van der Waals surface area contributed by atoms with Crippen molar-refractivity contribution in [2.24, 2.45) is 5.92 Å². The number of fused-ring (bicyclic) bond motifs is 1. The summed E-state index contributed by atoms with van der Waals surface area (Å²) in [5, 5.41) is 3.06. The molecule has 0 spiro atoms. The van der Waals surface area contributed by atoms with E-state index in [2.05, 4.69) is 12.2 Å². The van der Waals surface area contributed by atoms with E-state index in [1.165, 1.54) is 11.1 Å². The maximum Gasteiger partial charge on any atom is 0.243 e. The van der Waals surface area contributed by atoms with Crippen LogP contribution in [0, 0.1) is 5.92 Å². The second-order valence-electron chi connectivity index (χ2n) is 7.66. The second kappa shape index (κ2) is 8.09. The topological polar surface area (TPSA) is 66.5 Å². The number of aryl methyl sites for hydroxylation is 2. The molecule has 0 unspecified atom stereocenters. The van der Waals surface area contributed by atoms with Gasteiger partial charge in [-0.15, -0.1) is 0 Å². The molecule has 0 saturated carbocycles. The van der Waals surface area contributed by atoms with Crippen LogP contribution in [-0.2, 0) is 27.7 Å². The summed E-state index contributed by atoms with van der Waals surface area (Å²) in [6.45, 7) is 4.96. The maximum absolute atomic E-state index is 13.0. The van der Waals surface area contributed by atoms with Gasteiger partial charge in [0, 0.05) is 25.0 Å². The predicted octanol–water partition coefficient (Wildman–Crippen LogP) is 2.88. The Morgan fingerprint density at radius 3 is 2.62 bits per heavy atom. The first-order valence-corrected chi connectivity index (χ1v) is 11.3. The van der Waals surface area contributed by atoms with E-state index in [-0.39, 0.29) is 17.9 Å². The van der Waals surface area contributed by atoms with Gasteiger partial charge in [-0.2, -0.15) is 4.31 Å². The average Bonchev–Trinajstić information content (AvgIpc) is 3.09. The van der Waals surface area contributed by atoms with Crippen molar-refractivity contribution in [2.45, 2.75) is 69.7 Å². The van der Waals surface area contributed by atoms with E-state index in [0.717, 1.165) is 32.1 Å². The van der Waals surface area contributed by atoms with Crippen molar-refractivity contribution in [2.75, 3.05) is 13.1 Å². The minimum atomic E-state index is -3.46. The van der Waals surface area contributed by atoms with E-state index >= 15 is 0 Å². The van der Waals surface area contributed by atoms with Gasteiger partial charge >= 0.3 is 0 Å². The van der Waals surface area contributed by atoms with Crippen molar-refractivity contribution in [3.8, 4) is 0 Å². The van der Waals surface area contributed by atoms with E-state index in [9.17, 15) is 13.2 Å². The van der Waals surface area contributed by atoms with Gasteiger partial charge in [-0.05, 0) is 68.7 Å². The largest absolute Gasteiger partial charge is 0.353 e. The lowest BCUT2D eigenvalue weighted by atomic mass is 9.96. The Balaban J connectivity index is 1.61. The zero-order valence-corrected chi connectivity index (χ0v) is 16.6. The number of nitrogens with one attached hydrogen (secondary N) is 1.